The van der Waals surface area contributed by atoms with E-state index in [2.05, 4.69) is 16.0 Å². The number of hydrogen-bond donors (Lipinski definition) is 4. The number of benzene rings is 5. The molecule has 4 amide bonds. The number of carbonyl (C=O) groups excluding carboxylic acids is 4. The minimum Gasteiger partial charge on any atom is -0.366 e. The molecular formula is C37H29N5O6S. The fourth-order valence-electron chi connectivity index (χ4n) is 4.68. The summed E-state index contributed by atoms with van der Waals surface area (Å²) in [5, 5.41) is 19.2. The van der Waals surface area contributed by atoms with Crippen molar-refractivity contribution in [3.05, 3.63) is 172 Å². The summed E-state index contributed by atoms with van der Waals surface area (Å²) < 4.78 is 0. The van der Waals surface area contributed by atoms with Gasteiger partial charge >= 0.3 is 0 Å². The minimum absolute atomic E-state index is 0.122. The molecule has 0 bridgehead atoms. The average molecular weight is 672 g/mol. The van der Waals surface area contributed by atoms with Gasteiger partial charge in [0.1, 0.15) is 10.9 Å². The van der Waals surface area contributed by atoms with Crippen molar-refractivity contribution in [2.45, 2.75) is 10.1 Å². The monoisotopic (exact) mass is 671 g/mol. The summed E-state index contributed by atoms with van der Waals surface area (Å²) in [7, 11) is 0. The van der Waals surface area contributed by atoms with Crippen molar-refractivity contribution in [2.75, 3.05) is 10.6 Å². The number of thioether (sulfide) groups is 1. The number of nitrogens with two attached hydrogens (primary N) is 1. The van der Waals surface area contributed by atoms with Crippen LogP contribution in [0, 0.1) is 10.1 Å². The Morgan fingerprint density at radius 3 is 2.04 bits per heavy atom. The second kappa shape index (κ2) is 15.8. The van der Waals surface area contributed by atoms with Crippen molar-refractivity contribution < 1.29 is 24.1 Å². The Kier molecular flexibility index (Phi) is 10.9. The molecule has 0 fully saturated rings. The Hall–Kier alpha value is -6.53. The van der Waals surface area contributed by atoms with Crippen LogP contribution in [-0.4, -0.2) is 28.6 Å². The lowest BCUT2D eigenvalue weighted by Crippen LogP contribution is -2.30. The van der Waals surface area contributed by atoms with Gasteiger partial charge < -0.3 is 21.7 Å². The number of rotatable bonds is 12. The van der Waals surface area contributed by atoms with E-state index in [0.717, 1.165) is 5.56 Å². The van der Waals surface area contributed by atoms with Crippen molar-refractivity contribution in [1.29, 1.82) is 0 Å². The van der Waals surface area contributed by atoms with E-state index in [-0.39, 0.29) is 28.4 Å². The maximum atomic E-state index is 13.6. The lowest BCUT2D eigenvalue weighted by atomic mass is 10.1. The minimum atomic E-state index is -0.721. The number of amides is 4. The largest absolute Gasteiger partial charge is 0.366 e. The zero-order valence-electron chi connectivity index (χ0n) is 25.7. The predicted molar refractivity (Wildman–Crippen MR) is 189 cm³/mol. The normalized spacial score (nSPS) is 11.6. The molecule has 0 aromatic heterocycles. The van der Waals surface area contributed by atoms with E-state index in [4.69, 9.17) is 5.73 Å². The van der Waals surface area contributed by atoms with Crippen LogP contribution >= 0.6 is 11.8 Å². The van der Waals surface area contributed by atoms with Gasteiger partial charge in [0, 0.05) is 33.5 Å². The summed E-state index contributed by atoms with van der Waals surface area (Å²) in [6.45, 7) is 0. The van der Waals surface area contributed by atoms with Gasteiger partial charge in [0.15, 0.2) is 0 Å². The average Bonchev–Trinajstić information content (AvgIpc) is 3.11. The van der Waals surface area contributed by atoms with Gasteiger partial charge in [0.2, 0.25) is 11.8 Å². The number of anilines is 2. The molecule has 11 nitrogen and oxygen atoms in total. The van der Waals surface area contributed by atoms with Gasteiger partial charge in [-0.15, -0.1) is 11.8 Å². The Labute approximate surface area is 285 Å². The Bertz CT molecular complexity index is 2040. The number of hydrogen-bond acceptors (Lipinski definition) is 7. The van der Waals surface area contributed by atoms with Crippen molar-refractivity contribution in [2.24, 2.45) is 5.73 Å². The first kappa shape index (κ1) is 33.8. The number of nitro benzene ring substituents is 1. The molecule has 5 N–H and O–H groups in total. The molecule has 5 rings (SSSR count). The molecule has 0 spiro atoms. The Morgan fingerprint density at radius 1 is 0.714 bits per heavy atom. The van der Waals surface area contributed by atoms with Crippen LogP contribution in [0.4, 0.5) is 17.1 Å². The maximum absolute atomic E-state index is 13.6. The molecule has 1 atom stereocenters. The summed E-state index contributed by atoms with van der Waals surface area (Å²) >= 11 is 1.25. The second-order valence-corrected chi connectivity index (χ2v) is 11.7. The van der Waals surface area contributed by atoms with Crippen LogP contribution in [0.2, 0.25) is 0 Å². The Balaban J connectivity index is 1.39. The van der Waals surface area contributed by atoms with E-state index >= 15 is 0 Å². The van der Waals surface area contributed by atoms with Gasteiger partial charge in [-0.1, -0.05) is 66.7 Å². The number of carbonyl (C=O) groups is 4. The summed E-state index contributed by atoms with van der Waals surface area (Å²) in [6.07, 6.45) is 1.25. The molecule has 0 radical (unpaired) electrons. The zero-order valence-corrected chi connectivity index (χ0v) is 26.6. The molecule has 5 aromatic rings. The zero-order chi connectivity index (χ0) is 34.8. The lowest BCUT2D eigenvalue weighted by molar-refractivity contribution is -0.385. The summed E-state index contributed by atoms with van der Waals surface area (Å²) in [4.78, 5) is 63.4. The number of primary amides is 1. The third-order valence-electron chi connectivity index (χ3n) is 7.09. The predicted octanol–water partition coefficient (Wildman–Crippen LogP) is 6.58. The van der Waals surface area contributed by atoms with Gasteiger partial charge in [-0.2, -0.15) is 0 Å². The number of nitrogens with zero attached hydrogens (tertiary/aromatic N) is 1. The van der Waals surface area contributed by atoms with Crippen LogP contribution in [0.3, 0.4) is 0 Å². The second-order valence-electron chi connectivity index (χ2n) is 10.5. The van der Waals surface area contributed by atoms with Gasteiger partial charge in [-0.25, -0.2) is 0 Å². The Morgan fingerprint density at radius 2 is 1.37 bits per heavy atom. The molecule has 0 saturated heterocycles. The van der Waals surface area contributed by atoms with Gasteiger partial charge in [-0.3, -0.25) is 29.3 Å². The van der Waals surface area contributed by atoms with E-state index in [1.807, 2.05) is 30.3 Å². The first-order valence-corrected chi connectivity index (χ1v) is 15.7. The highest BCUT2D eigenvalue weighted by atomic mass is 32.2. The molecule has 0 aliphatic carbocycles. The highest BCUT2D eigenvalue weighted by molar-refractivity contribution is 8.00. The number of nitro groups is 1. The molecular weight excluding hydrogens is 643 g/mol. The quantitative estimate of drug-likeness (QED) is 0.0502. The SMILES string of the molecule is NC(=O)c1ccc(NC(=O)C(Sc2cccc(NC(=O)/C(=C\c3ccccc3[N+](=O)[O-])NC(=O)c3ccccc3)c2)c2ccccc2)cc1. The topological polar surface area (TPSA) is 174 Å². The molecule has 0 heterocycles. The van der Waals surface area contributed by atoms with Gasteiger partial charge in [-0.05, 0) is 72.3 Å². The lowest BCUT2D eigenvalue weighted by Gasteiger charge is -2.18. The summed E-state index contributed by atoms with van der Waals surface area (Å²) in [5.41, 5.74) is 7.15. The first-order chi connectivity index (χ1) is 23.7. The molecule has 244 valence electrons. The maximum Gasteiger partial charge on any atom is 0.276 e. The van der Waals surface area contributed by atoms with E-state index in [1.165, 1.54) is 48.2 Å². The van der Waals surface area contributed by atoms with Crippen LogP contribution in [0.25, 0.3) is 6.08 Å². The van der Waals surface area contributed by atoms with E-state index in [9.17, 15) is 29.3 Å². The molecule has 5 aromatic carbocycles. The summed E-state index contributed by atoms with van der Waals surface area (Å²) in [5.74, 6) is -2.20. The number of nitrogens with one attached hydrogen (secondary N) is 3. The van der Waals surface area contributed by atoms with E-state index in [1.54, 1.807) is 72.8 Å². The van der Waals surface area contributed by atoms with Crippen LogP contribution in [-0.2, 0) is 9.59 Å². The fraction of sp³-hybridized carbons (Fsp3) is 0.0270. The van der Waals surface area contributed by atoms with Crippen LogP contribution in [0.5, 0.6) is 0 Å². The first-order valence-electron chi connectivity index (χ1n) is 14.8. The van der Waals surface area contributed by atoms with Crippen molar-refractivity contribution in [3.8, 4) is 0 Å². The highest BCUT2D eigenvalue weighted by Gasteiger charge is 2.23. The molecule has 49 heavy (non-hydrogen) atoms. The third kappa shape index (κ3) is 9.05. The highest BCUT2D eigenvalue weighted by Crippen LogP contribution is 2.37. The molecule has 12 heteroatoms. The standard InChI is InChI=1S/C37H29N5O6S/c38-34(43)25-18-20-28(21-19-25)39-37(46)33(24-10-3-1-4-11-24)49-30-16-9-15-29(23-30)40-36(45)31(41-35(44)26-12-5-2-6-13-26)22-27-14-7-8-17-32(27)42(47)48/h1-23,33H,(H2,38,43)(H,39,46)(H,40,45)(H,41,44)/b31-22+. The fourth-order valence-corrected chi connectivity index (χ4v) is 5.77. The van der Waals surface area contributed by atoms with Crippen molar-refractivity contribution in [1.82, 2.24) is 5.32 Å². The molecule has 0 aliphatic heterocycles. The van der Waals surface area contributed by atoms with Crippen LogP contribution in [0.15, 0.2) is 144 Å². The molecule has 0 aliphatic rings. The van der Waals surface area contributed by atoms with Gasteiger partial charge in [0.25, 0.3) is 17.5 Å². The van der Waals surface area contributed by atoms with Crippen molar-refractivity contribution in [3.63, 3.8) is 0 Å². The summed E-state index contributed by atoms with van der Waals surface area (Å²) in [6, 6.07) is 36.3. The molecule has 0 saturated carbocycles. The van der Waals surface area contributed by atoms with E-state index < -0.39 is 27.9 Å². The van der Waals surface area contributed by atoms with E-state index in [0.29, 0.717) is 21.8 Å². The van der Waals surface area contributed by atoms with Gasteiger partial charge in [0.05, 0.1) is 10.5 Å². The molecule has 1 unspecified atom stereocenters. The number of para-hydroxylation sites is 1. The third-order valence-corrected chi connectivity index (χ3v) is 8.33. The van der Waals surface area contributed by atoms with Crippen LogP contribution < -0.4 is 21.7 Å². The van der Waals surface area contributed by atoms with Crippen molar-refractivity contribution >= 4 is 58.5 Å². The van der Waals surface area contributed by atoms with Crippen LogP contribution in [0.1, 0.15) is 37.1 Å². The smallest absolute Gasteiger partial charge is 0.276 e.